The first-order chi connectivity index (χ1) is 16.1. The van der Waals surface area contributed by atoms with Gasteiger partial charge in [-0.15, -0.1) is 0 Å². The van der Waals surface area contributed by atoms with Crippen molar-refractivity contribution in [3.8, 4) is 11.5 Å². The van der Waals surface area contributed by atoms with Crippen LogP contribution in [0.4, 0.5) is 0 Å². The fourth-order valence-corrected chi connectivity index (χ4v) is 4.73. The lowest BCUT2D eigenvalue weighted by molar-refractivity contribution is 0.0600. The van der Waals surface area contributed by atoms with Gasteiger partial charge in [-0.2, -0.15) is 16.8 Å². The van der Waals surface area contributed by atoms with Crippen molar-refractivity contribution in [2.75, 3.05) is 19.1 Å². The van der Waals surface area contributed by atoms with E-state index in [9.17, 15) is 9.59 Å². The van der Waals surface area contributed by atoms with Crippen LogP contribution in [0, 0.1) is 0 Å². The van der Waals surface area contributed by atoms with Crippen LogP contribution in [0.15, 0.2) is 77.8 Å². The highest BCUT2D eigenvalue weighted by molar-refractivity contribution is 7.98. The number of fused-ring (bicyclic) bond motifs is 1. The van der Waals surface area contributed by atoms with Crippen LogP contribution in [0.5, 0.6) is 11.5 Å². The largest absolute Gasteiger partial charge is 0.465 e. The highest BCUT2D eigenvalue weighted by Crippen LogP contribution is 2.23. The van der Waals surface area contributed by atoms with Gasteiger partial charge in [-0.25, -0.2) is 4.79 Å². The topological polar surface area (TPSA) is 69.9 Å². The van der Waals surface area contributed by atoms with Gasteiger partial charge in [0.05, 0.1) is 22.9 Å². The number of aryl methyl sites for hydroxylation is 1. The Morgan fingerprint density at radius 2 is 1.76 bits per heavy atom. The molecule has 0 fully saturated rings. The second-order valence-electron chi connectivity index (χ2n) is 7.06. The van der Waals surface area contributed by atoms with Gasteiger partial charge in [0.15, 0.2) is 4.80 Å². The van der Waals surface area contributed by atoms with Crippen LogP contribution in [0.1, 0.15) is 20.7 Å². The van der Waals surface area contributed by atoms with Gasteiger partial charge >= 0.3 is 5.97 Å². The Labute approximate surface area is 199 Å². The van der Waals surface area contributed by atoms with Gasteiger partial charge in [0.2, 0.25) is 0 Å². The average Bonchev–Trinajstić information content (AvgIpc) is 3.18. The molecule has 0 aliphatic carbocycles. The summed E-state index contributed by atoms with van der Waals surface area (Å²) in [5.41, 5.74) is 1.83. The fraction of sp³-hybridized carbons (Fsp3) is 0.160. The molecule has 0 aliphatic rings. The van der Waals surface area contributed by atoms with Crippen LogP contribution in [0.25, 0.3) is 10.2 Å². The first kappa shape index (κ1) is 22.8. The molecular weight excluding hydrogens is 456 g/mol. The van der Waals surface area contributed by atoms with Gasteiger partial charge < -0.3 is 14.0 Å². The number of thiazole rings is 1. The summed E-state index contributed by atoms with van der Waals surface area (Å²) in [4.78, 5) is 30.0. The zero-order chi connectivity index (χ0) is 23.2. The molecule has 0 saturated heterocycles. The Bertz CT molecular complexity index is 1360. The van der Waals surface area contributed by atoms with Crippen molar-refractivity contribution in [1.29, 1.82) is 0 Å². The van der Waals surface area contributed by atoms with Crippen LogP contribution in [0.2, 0.25) is 0 Å². The van der Waals surface area contributed by atoms with Crippen molar-refractivity contribution in [1.82, 2.24) is 4.57 Å². The fourth-order valence-electron chi connectivity index (χ4n) is 3.27. The maximum atomic E-state index is 13.0. The first-order valence-electron chi connectivity index (χ1n) is 10.2. The predicted octanol–water partition coefficient (Wildman–Crippen LogP) is 5.39. The van der Waals surface area contributed by atoms with Crippen LogP contribution in [-0.4, -0.2) is 35.6 Å². The highest BCUT2D eigenvalue weighted by Gasteiger charge is 2.13. The average molecular weight is 479 g/mol. The number of carbonyl (C=O) groups excluding carboxylic acids is 2. The molecule has 4 aromatic rings. The Morgan fingerprint density at radius 3 is 2.52 bits per heavy atom. The van der Waals surface area contributed by atoms with Gasteiger partial charge in [-0.05, 0) is 54.8 Å². The number of amides is 1. The van der Waals surface area contributed by atoms with E-state index in [2.05, 4.69) is 4.99 Å². The molecule has 3 aromatic carbocycles. The van der Waals surface area contributed by atoms with E-state index in [4.69, 9.17) is 9.47 Å². The summed E-state index contributed by atoms with van der Waals surface area (Å²) < 4.78 is 13.6. The minimum atomic E-state index is -0.397. The summed E-state index contributed by atoms with van der Waals surface area (Å²) in [5.74, 6) is 1.38. The smallest absolute Gasteiger partial charge is 0.337 e. The second kappa shape index (κ2) is 10.5. The van der Waals surface area contributed by atoms with Gasteiger partial charge in [-0.1, -0.05) is 35.6 Å². The maximum absolute atomic E-state index is 13.0. The van der Waals surface area contributed by atoms with E-state index < -0.39 is 5.97 Å². The minimum Gasteiger partial charge on any atom is -0.465 e. The molecule has 0 atom stereocenters. The number of nitrogens with zero attached hydrogens (tertiary/aromatic N) is 2. The third-order valence-electron chi connectivity index (χ3n) is 4.88. The van der Waals surface area contributed by atoms with E-state index in [-0.39, 0.29) is 5.91 Å². The number of para-hydroxylation sites is 1. The van der Waals surface area contributed by atoms with Crippen LogP contribution < -0.4 is 9.54 Å². The Balaban J connectivity index is 1.70. The van der Waals surface area contributed by atoms with E-state index in [0.29, 0.717) is 34.0 Å². The lowest BCUT2D eigenvalue weighted by atomic mass is 10.2. The molecule has 0 saturated carbocycles. The summed E-state index contributed by atoms with van der Waals surface area (Å²) in [6.07, 6.45) is 2.03. The number of benzene rings is 3. The van der Waals surface area contributed by atoms with E-state index in [1.807, 2.05) is 47.2 Å². The van der Waals surface area contributed by atoms with Gasteiger partial charge in [0, 0.05) is 17.9 Å². The van der Waals surface area contributed by atoms with Gasteiger partial charge in [0.25, 0.3) is 5.91 Å². The van der Waals surface area contributed by atoms with Gasteiger partial charge in [-0.3, -0.25) is 4.79 Å². The minimum absolute atomic E-state index is 0.355. The van der Waals surface area contributed by atoms with Crippen LogP contribution in [0.3, 0.4) is 0 Å². The van der Waals surface area contributed by atoms with E-state index in [1.165, 1.54) is 18.4 Å². The number of rotatable bonds is 7. The molecule has 0 N–H and O–H groups in total. The summed E-state index contributed by atoms with van der Waals surface area (Å²) in [6, 6.07) is 21.8. The quantitative estimate of drug-likeness (QED) is 0.333. The summed E-state index contributed by atoms with van der Waals surface area (Å²) in [6.45, 7) is 0.696. The summed E-state index contributed by atoms with van der Waals surface area (Å²) in [5, 5.41) is 0. The van der Waals surface area contributed by atoms with E-state index in [1.54, 1.807) is 48.2 Å². The third-order valence-corrected chi connectivity index (χ3v) is 6.51. The molecule has 0 unspecified atom stereocenters. The number of carbonyl (C=O) groups is 2. The molecule has 8 heteroatoms. The van der Waals surface area contributed by atoms with Crippen molar-refractivity contribution in [2.45, 2.75) is 6.54 Å². The molecule has 0 aliphatic heterocycles. The standard InChI is InChI=1S/C25H22N2O4S2/c1-30-24(29)18-11-12-21-22(16-18)33-25(27(21)13-14-32-2)26-23(28)17-7-6-10-20(15-17)31-19-8-4-3-5-9-19/h3-12,15-16H,13-14H2,1-2H3. The Morgan fingerprint density at radius 1 is 0.970 bits per heavy atom. The van der Waals surface area contributed by atoms with Crippen LogP contribution >= 0.6 is 23.1 Å². The molecule has 1 heterocycles. The molecule has 33 heavy (non-hydrogen) atoms. The Hall–Kier alpha value is -3.36. The molecule has 168 valence electrons. The number of thioether (sulfide) groups is 1. The van der Waals surface area contributed by atoms with Crippen molar-refractivity contribution in [2.24, 2.45) is 4.99 Å². The number of aromatic nitrogens is 1. The van der Waals surface area contributed by atoms with Crippen molar-refractivity contribution in [3.63, 3.8) is 0 Å². The van der Waals surface area contributed by atoms with Gasteiger partial charge in [0.1, 0.15) is 11.5 Å². The van der Waals surface area contributed by atoms with Crippen molar-refractivity contribution >= 4 is 45.2 Å². The number of methoxy groups -OCH3 is 1. The number of hydrogen-bond donors (Lipinski definition) is 0. The molecule has 4 rings (SSSR count). The monoisotopic (exact) mass is 478 g/mol. The predicted molar refractivity (Wildman–Crippen MR) is 132 cm³/mol. The van der Waals surface area contributed by atoms with Crippen LogP contribution in [-0.2, 0) is 11.3 Å². The third kappa shape index (κ3) is 5.35. The maximum Gasteiger partial charge on any atom is 0.337 e. The summed E-state index contributed by atoms with van der Waals surface area (Å²) >= 11 is 3.09. The number of hydrogen-bond acceptors (Lipinski definition) is 6. The number of ether oxygens (including phenoxy) is 2. The van der Waals surface area contributed by atoms with Crippen molar-refractivity contribution < 1.29 is 19.1 Å². The van der Waals surface area contributed by atoms with E-state index in [0.717, 1.165) is 16.0 Å². The highest BCUT2D eigenvalue weighted by atomic mass is 32.2. The van der Waals surface area contributed by atoms with Crippen molar-refractivity contribution in [3.05, 3.63) is 88.7 Å². The molecule has 0 bridgehead atoms. The lowest BCUT2D eigenvalue weighted by Gasteiger charge is -2.06. The zero-order valence-electron chi connectivity index (χ0n) is 18.2. The number of esters is 1. The SMILES string of the molecule is COC(=O)c1ccc2c(c1)sc(=NC(=O)c1cccc(Oc3ccccc3)c1)n2CCSC. The molecule has 6 nitrogen and oxygen atoms in total. The molecule has 1 aromatic heterocycles. The van der Waals surface area contributed by atoms with E-state index >= 15 is 0 Å². The lowest BCUT2D eigenvalue weighted by Crippen LogP contribution is -2.18. The molecule has 1 amide bonds. The zero-order valence-corrected chi connectivity index (χ0v) is 19.8. The second-order valence-corrected chi connectivity index (χ2v) is 9.06. The molecule has 0 spiro atoms. The first-order valence-corrected chi connectivity index (χ1v) is 12.4. The Kier molecular flexibility index (Phi) is 7.26. The molecular formula is C25H22N2O4S2. The molecule has 0 radical (unpaired) electrons. The normalized spacial score (nSPS) is 11.5. The summed E-state index contributed by atoms with van der Waals surface area (Å²) in [7, 11) is 1.36.